The Hall–Kier alpha value is -1.58. The van der Waals surface area contributed by atoms with Gasteiger partial charge in [-0.3, -0.25) is 9.78 Å². The van der Waals surface area contributed by atoms with Crippen LogP contribution in [-0.4, -0.2) is 35.4 Å². The Kier molecular flexibility index (Phi) is 4.99. The number of rotatable bonds is 4. The molecule has 1 aliphatic carbocycles. The van der Waals surface area contributed by atoms with Crippen molar-refractivity contribution < 1.29 is 4.79 Å². The molecule has 0 spiro atoms. The molecule has 1 amide bonds. The molecule has 1 heterocycles. The predicted molar refractivity (Wildman–Crippen MR) is 81.9 cm³/mol. The van der Waals surface area contributed by atoms with Gasteiger partial charge < -0.3 is 10.2 Å². The third kappa shape index (κ3) is 3.30. The molecule has 1 saturated carbocycles. The Labute approximate surface area is 121 Å². The first-order valence-corrected chi connectivity index (χ1v) is 7.58. The standard InChI is InChI=1S/C16H25N3O/c1-4-18-15-11-17-10-9-14(15)16(20)19(3)13-7-5-12(2)6-8-13/h9-13,18H,4-8H2,1-3H3. The van der Waals surface area contributed by atoms with Gasteiger partial charge in [0, 0.05) is 25.8 Å². The molecule has 0 bridgehead atoms. The maximum absolute atomic E-state index is 12.7. The highest BCUT2D eigenvalue weighted by Crippen LogP contribution is 2.28. The Morgan fingerprint density at radius 1 is 1.40 bits per heavy atom. The first-order chi connectivity index (χ1) is 9.63. The van der Waals surface area contributed by atoms with Gasteiger partial charge in [0.25, 0.3) is 5.91 Å². The molecule has 20 heavy (non-hydrogen) atoms. The number of nitrogens with one attached hydrogen (secondary N) is 1. The van der Waals surface area contributed by atoms with Gasteiger partial charge in [-0.1, -0.05) is 6.92 Å². The van der Waals surface area contributed by atoms with Crippen LogP contribution < -0.4 is 5.32 Å². The summed E-state index contributed by atoms with van der Waals surface area (Å²) >= 11 is 0. The number of pyridine rings is 1. The second-order valence-corrected chi connectivity index (χ2v) is 5.78. The lowest BCUT2D eigenvalue weighted by Crippen LogP contribution is -2.39. The van der Waals surface area contributed by atoms with Crippen LogP contribution in [0, 0.1) is 5.92 Å². The van der Waals surface area contributed by atoms with E-state index in [1.54, 1.807) is 12.4 Å². The average molecular weight is 275 g/mol. The number of hydrogen-bond acceptors (Lipinski definition) is 3. The normalized spacial score (nSPS) is 22.4. The summed E-state index contributed by atoms with van der Waals surface area (Å²) in [4.78, 5) is 18.7. The third-order valence-electron chi connectivity index (χ3n) is 4.27. The molecule has 1 aromatic rings. The Bertz CT molecular complexity index is 453. The SMILES string of the molecule is CCNc1cnccc1C(=O)N(C)C1CCC(C)CC1. The van der Waals surface area contributed by atoms with Crippen LogP contribution in [0.2, 0.25) is 0 Å². The fourth-order valence-electron chi connectivity index (χ4n) is 2.90. The summed E-state index contributed by atoms with van der Waals surface area (Å²) in [6.45, 7) is 5.11. The lowest BCUT2D eigenvalue weighted by atomic mass is 9.86. The summed E-state index contributed by atoms with van der Waals surface area (Å²) in [5, 5.41) is 3.21. The molecular formula is C16H25N3O. The molecular weight excluding hydrogens is 250 g/mol. The number of hydrogen-bond donors (Lipinski definition) is 1. The fraction of sp³-hybridized carbons (Fsp3) is 0.625. The van der Waals surface area contributed by atoms with E-state index in [2.05, 4.69) is 17.2 Å². The van der Waals surface area contributed by atoms with E-state index in [4.69, 9.17) is 0 Å². The summed E-state index contributed by atoms with van der Waals surface area (Å²) in [6, 6.07) is 2.18. The zero-order valence-corrected chi connectivity index (χ0v) is 12.7. The van der Waals surface area contributed by atoms with Crippen LogP contribution in [0.3, 0.4) is 0 Å². The largest absolute Gasteiger partial charge is 0.383 e. The van der Waals surface area contributed by atoms with Crippen molar-refractivity contribution in [3.8, 4) is 0 Å². The van der Waals surface area contributed by atoms with Gasteiger partial charge in [-0.15, -0.1) is 0 Å². The number of carbonyl (C=O) groups is 1. The Balaban J connectivity index is 2.10. The van der Waals surface area contributed by atoms with Crippen LogP contribution in [-0.2, 0) is 0 Å². The van der Waals surface area contributed by atoms with E-state index in [1.165, 1.54) is 12.8 Å². The number of nitrogens with zero attached hydrogens (tertiary/aromatic N) is 2. The van der Waals surface area contributed by atoms with Gasteiger partial charge in [-0.05, 0) is 44.6 Å². The molecule has 2 rings (SSSR count). The van der Waals surface area contributed by atoms with E-state index in [0.29, 0.717) is 6.04 Å². The molecule has 0 radical (unpaired) electrons. The second-order valence-electron chi connectivity index (χ2n) is 5.78. The van der Waals surface area contributed by atoms with Crippen LogP contribution in [0.25, 0.3) is 0 Å². The Morgan fingerprint density at radius 2 is 2.10 bits per heavy atom. The highest BCUT2D eigenvalue weighted by molar-refractivity contribution is 5.99. The van der Waals surface area contributed by atoms with Crippen LogP contribution >= 0.6 is 0 Å². The highest BCUT2D eigenvalue weighted by atomic mass is 16.2. The monoisotopic (exact) mass is 275 g/mol. The van der Waals surface area contributed by atoms with Gasteiger partial charge in [0.1, 0.15) is 0 Å². The first kappa shape index (κ1) is 14.8. The number of amides is 1. The third-order valence-corrected chi connectivity index (χ3v) is 4.27. The number of anilines is 1. The van der Waals surface area contributed by atoms with Crippen molar-refractivity contribution in [2.24, 2.45) is 5.92 Å². The molecule has 110 valence electrons. The second kappa shape index (κ2) is 6.73. The van der Waals surface area contributed by atoms with E-state index < -0.39 is 0 Å². The lowest BCUT2D eigenvalue weighted by molar-refractivity contribution is 0.0680. The van der Waals surface area contributed by atoms with Crippen molar-refractivity contribution in [3.63, 3.8) is 0 Å². The van der Waals surface area contributed by atoms with Crippen molar-refractivity contribution >= 4 is 11.6 Å². The molecule has 1 aromatic heterocycles. The smallest absolute Gasteiger partial charge is 0.256 e. The topological polar surface area (TPSA) is 45.2 Å². The van der Waals surface area contributed by atoms with Crippen LogP contribution in [0.5, 0.6) is 0 Å². The predicted octanol–water partition coefficient (Wildman–Crippen LogP) is 3.16. The Morgan fingerprint density at radius 3 is 2.75 bits per heavy atom. The molecule has 4 nitrogen and oxygen atoms in total. The molecule has 1 fully saturated rings. The van der Waals surface area contributed by atoms with Crippen molar-refractivity contribution in [1.29, 1.82) is 0 Å². The molecule has 1 N–H and O–H groups in total. The molecule has 1 aliphatic rings. The zero-order valence-electron chi connectivity index (χ0n) is 12.7. The minimum Gasteiger partial charge on any atom is -0.383 e. The van der Waals surface area contributed by atoms with Gasteiger partial charge in [0.05, 0.1) is 17.4 Å². The maximum atomic E-state index is 12.7. The molecule has 0 aromatic carbocycles. The van der Waals surface area contributed by atoms with Crippen LogP contribution in [0.1, 0.15) is 49.9 Å². The summed E-state index contributed by atoms with van der Waals surface area (Å²) < 4.78 is 0. The quantitative estimate of drug-likeness (QED) is 0.918. The van der Waals surface area contributed by atoms with Crippen molar-refractivity contribution in [2.75, 3.05) is 18.9 Å². The number of aromatic nitrogens is 1. The highest BCUT2D eigenvalue weighted by Gasteiger charge is 2.26. The minimum atomic E-state index is 0.0999. The van der Waals surface area contributed by atoms with Crippen LogP contribution in [0.15, 0.2) is 18.5 Å². The van der Waals surface area contributed by atoms with E-state index >= 15 is 0 Å². The van der Waals surface area contributed by atoms with Crippen molar-refractivity contribution in [3.05, 3.63) is 24.0 Å². The van der Waals surface area contributed by atoms with Gasteiger partial charge >= 0.3 is 0 Å². The lowest BCUT2D eigenvalue weighted by Gasteiger charge is -2.34. The van der Waals surface area contributed by atoms with Crippen LogP contribution in [0.4, 0.5) is 5.69 Å². The first-order valence-electron chi connectivity index (χ1n) is 7.58. The van der Waals surface area contributed by atoms with Gasteiger partial charge in [0.15, 0.2) is 0 Å². The van der Waals surface area contributed by atoms with Gasteiger partial charge in [-0.2, -0.15) is 0 Å². The van der Waals surface area contributed by atoms with Gasteiger partial charge in [-0.25, -0.2) is 0 Å². The van der Waals surface area contributed by atoms with Crippen molar-refractivity contribution in [1.82, 2.24) is 9.88 Å². The summed E-state index contributed by atoms with van der Waals surface area (Å²) in [5.74, 6) is 0.899. The molecule has 0 saturated heterocycles. The van der Waals surface area contributed by atoms with Gasteiger partial charge in [0.2, 0.25) is 0 Å². The number of carbonyl (C=O) groups excluding carboxylic acids is 1. The summed E-state index contributed by atoms with van der Waals surface area (Å²) in [6.07, 6.45) is 8.09. The minimum absolute atomic E-state index is 0.0999. The molecule has 4 heteroatoms. The summed E-state index contributed by atoms with van der Waals surface area (Å²) in [5.41, 5.74) is 1.55. The molecule has 0 aliphatic heterocycles. The van der Waals surface area contributed by atoms with E-state index in [-0.39, 0.29) is 5.91 Å². The van der Waals surface area contributed by atoms with E-state index in [0.717, 1.165) is 36.6 Å². The molecule has 0 atom stereocenters. The summed E-state index contributed by atoms with van der Waals surface area (Å²) in [7, 11) is 1.93. The molecule has 0 unspecified atom stereocenters. The fourth-order valence-corrected chi connectivity index (χ4v) is 2.90. The zero-order chi connectivity index (χ0) is 14.5. The van der Waals surface area contributed by atoms with E-state index in [9.17, 15) is 4.79 Å². The average Bonchev–Trinajstić information content (AvgIpc) is 2.47. The maximum Gasteiger partial charge on any atom is 0.256 e. The van der Waals surface area contributed by atoms with E-state index in [1.807, 2.05) is 24.9 Å². The van der Waals surface area contributed by atoms with Crippen molar-refractivity contribution in [2.45, 2.75) is 45.6 Å².